The second-order valence-corrected chi connectivity index (χ2v) is 4.46. The zero-order chi connectivity index (χ0) is 12.3. The van der Waals surface area contributed by atoms with Crippen LogP contribution in [0.25, 0.3) is 0 Å². The number of imidazole rings is 1. The molecule has 1 aromatic rings. The Bertz CT molecular complexity index is 394. The monoisotopic (exact) mass is 237 g/mol. The molecule has 1 aliphatic heterocycles. The highest BCUT2D eigenvalue weighted by molar-refractivity contribution is 5.83. The molecule has 0 radical (unpaired) electrons. The number of carboxylic acids is 1. The molecule has 2 rings (SSSR count). The summed E-state index contributed by atoms with van der Waals surface area (Å²) in [5.41, 5.74) is 1.01. The van der Waals surface area contributed by atoms with Crippen LogP contribution < -0.4 is 0 Å². The van der Waals surface area contributed by atoms with Crippen LogP contribution in [-0.4, -0.2) is 38.6 Å². The second kappa shape index (κ2) is 5.31. The van der Waals surface area contributed by atoms with E-state index in [9.17, 15) is 4.79 Å². The predicted molar refractivity (Wildman–Crippen MR) is 64.0 cm³/mol. The van der Waals surface area contributed by atoms with E-state index in [1.807, 2.05) is 6.92 Å². The molecule has 1 fully saturated rings. The number of piperidine rings is 1. The van der Waals surface area contributed by atoms with Crippen molar-refractivity contribution < 1.29 is 9.90 Å². The third-order valence-corrected chi connectivity index (χ3v) is 3.28. The highest BCUT2D eigenvalue weighted by Crippen LogP contribution is 2.14. The number of likely N-dealkylation sites (tertiary alicyclic amines) is 1. The van der Waals surface area contributed by atoms with Gasteiger partial charge in [0.15, 0.2) is 0 Å². The van der Waals surface area contributed by atoms with Crippen LogP contribution in [0.2, 0.25) is 0 Å². The van der Waals surface area contributed by atoms with Gasteiger partial charge >= 0.3 is 5.97 Å². The molecule has 0 aromatic carbocycles. The van der Waals surface area contributed by atoms with Crippen LogP contribution in [0.3, 0.4) is 0 Å². The maximum atomic E-state index is 11.0. The zero-order valence-corrected chi connectivity index (χ0v) is 10.2. The van der Waals surface area contributed by atoms with Crippen LogP contribution in [0.4, 0.5) is 0 Å². The van der Waals surface area contributed by atoms with Crippen LogP contribution in [0, 0.1) is 0 Å². The molecule has 5 heteroatoms. The second-order valence-electron chi connectivity index (χ2n) is 4.46. The van der Waals surface area contributed by atoms with Crippen molar-refractivity contribution in [1.29, 1.82) is 0 Å². The van der Waals surface area contributed by atoms with Gasteiger partial charge in [0.25, 0.3) is 0 Å². The first-order chi connectivity index (χ1) is 8.22. The molecule has 1 aliphatic rings. The lowest BCUT2D eigenvalue weighted by Gasteiger charge is -2.26. The highest BCUT2D eigenvalue weighted by Gasteiger charge is 2.17. The van der Waals surface area contributed by atoms with Gasteiger partial charge in [-0.15, -0.1) is 0 Å². The minimum Gasteiger partial charge on any atom is -0.475 e. The minimum absolute atomic E-state index is 0.152. The Morgan fingerprint density at radius 2 is 2.12 bits per heavy atom. The number of carbonyl (C=O) groups is 1. The summed E-state index contributed by atoms with van der Waals surface area (Å²) in [5, 5.41) is 9.02. The smallest absolute Gasteiger partial charge is 0.372 e. The third-order valence-electron chi connectivity index (χ3n) is 3.28. The topological polar surface area (TPSA) is 58.4 Å². The molecular weight excluding hydrogens is 218 g/mol. The van der Waals surface area contributed by atoms with Crippen molar-refractivity contribution in [2.24, 2.45) is 0 Å². The van der Waals surface area contributed by atoms with E-state index in [0.29, 0.717) is 6.54 Å². The van der Waals surface area contributed by atoms with Gasteiger partial charge in [0.1, 0.15) is 0 Å². The Hall–Kier alpha value is -1.36. The fraction of sp³-hybridized carbons (Fsp3) is 0.667. The molecule has 1 aromatic heterocycles. The maximum absolute atomic E-state index is 11.0. The number of hydrogen-bond acceptors (Lipinski definition) is 3. The molecule has 0 spiro atoms. The molecule has 0 saturated carbocycles. The van der Waals surface area contributed by atoms with Crippen molar-refractivity contribution in [3.63, 3.8) is 0 Å². The number of nitrogens with zero attached hydrogens (tertiary/aromatic N) is 3. The summed E-state index contributed by atoms with van der Waals surface area (Å²) in [7, 11) is 0. The Kier molecular flexibility index (Phi) is 3.78. The van der Waals surface area contributed by atoms with E-state index in [1.165, 1.54) is 19.3 Å². The summed E-state index contributed by atoms with van der Waals surface area (Å²) in [6, 6.07) is 0. The fourth-order valence-electron chi connectivity index (χ4n) is 2.41. The Morgan fingerprint density at radius 3 is 2.71 bits per heavy atom. The van der Waals surface area contributed by atoms with Crippen LogP contribution in [0.1, 0.15) is 42.5 Å². The molecule has 17 heavy (non-hydrogen) atoms. The van der Waals surface area contributed by atoms with E-state index in [-0.39, 0.29) is 5.82 Å². The number of aromatic nitrogens is 2. The number of rotatable bonds is 4. The Balaban J connectivity index is 2.12. The van der Waals surface area contributed by atoms with E-state index in [0.717, 1.165) is 25.3 Å². The summed E-state index contributed by atoms with van der Waals surface area (Å²) in [6.07, 6.45) is 5.49. The van der Waals surface area contributed by atoms with Crippen LogP contribution in [0.15, 0.2) is 6.20 Å². The predicted octanol–water partition coefficient (Wildman–Crippen LogP) is 1.59. The quantitative estimate of drug-likeness (QED) is 0.864. The molecule has 0 bridgehead atoms. The van der Waals surface area contributed by atoms with Crippen molar-refractivity contribution in [2.75, 3.05) is 13.1 Å². The molecule has 2 heterocycles. The molecule has 0 unspecified atom stereocenters. The fourth-order valence-corrected chi connectivity index (χ4v) is 2.41. The first kappa shape index (κ1) is 12.1. The molecule has 5 nitrogen and oxygen atoms in total. The van der Waals surface area contributed by atoms with Gasteiger partial charge in [-0.25, -0.2) is 9.78 Å². The standard InChI is InChI=1S/C12H19N3O2/c1-2-15-10(8-13-11(15)12(16)17)9-14-6-4-3-5-7-14/h8H,2-7,9H2,1H3,(H,16,17). The normalized spacial score (nSPS) is 17.2. The lowest BCUT2D eigenvalue weighted by molar-refractivity contribution is 0.0677. The van der Waals surface area contributed by atoms with Crippen molar-refractivity contribution in [1.82, 2.24) is 14.5 Å². The van der Waals surface area contributed by atoms with Crippen molar-refractivity contribution in [3.05, 3.63) is 17.7 Å². The summed E-state index contributed by atoms with van der Waals surface area (Å²) >= 11 is 0. The van der Waals surface area contributed by atoms with Gasteiger partial charge in [-0.1, -0.05) is 6.42 Å². The van der Waals surface area contributed by atoms with Crippen LogP contribution in [0.5, 0.6) is 0 Å². The molecular formula is C12H19N3O2. The Morgan fingerprint density at radius 1 is 1.41 bits per heavy atom. The molecule has 94 valence electrons. The van der Waals surface area contributed by atoms with Crippen molar-refractivity contribution in [2.45, 2.75) is 39.3 Å². The van der Waals surface area contributed by atoms with E-state index in [4.69, 9.17) is 5.11 Å². The average molecular weight is 237 g/mol. The van der Waals surface area contributed by atoms with E-state index in [2.05, 4.69) is 9.88 Å². The van der Waals surface area contributed by atoms with Gasteiger partial charge in [0, 0.05) is 13.1 Å². The summed E-state index contributed by atoms with van der Waals surface area (Å²) < 4.78 is 1.79. The Labute approximate surface area is 101 Å². The summed E-state index contributed by atoms with van der Waals surface area (Å²) in [4.78, 5) is 17.4. The van der Waals surface area contributed by atoms with E-state index in [1.54, 1.807) is 10.8 Å². The number of aromatic carboxylic acids is 1. The van der Waals surface area contributed by atoms with Gasteiger partial charge in [-0.3, -0.25) is 4.90 Å². The lowest BCUT2D eigenvalue weighted by Crippen LogP contribution is -2.30. The third kappa shape index (κ3) is 2.66. The lowest BCUT2D eigenvalue weighted by atomic mass is 10.1. The van der Waals surface area contributed by atoms with Crippen molar-refractivity contribution >= 4 is 5.97 Å². The number of carboxylic acid groups (broad SMARTS) is 1. The summed E-state index contributed by atoms with van der Waals surface area (Å²) in [5.74, 6) is -0.795. The molecule has 1 saturated heterocycles. The first-order valence-electron chi connectivity index (χ1n) is 6.22. The first-order valence-corrected chi connectivity index (χ1v) is 6.22. The van der Waals surface area contributed by atoms with Gasteiger partial charge in [0.05, 0.1) is 11.9 Å². The van der Waals surface area contributed by atoms with Gasteiger partial charge in [-0.2, -0.15) is 0 Å². The molecule has 0 aliphatic carbocycles. The van der Waals surface area contributed by atoms with Gasteiger partial charge < -0.3 is 9.67 Å². The van der Waals surface area contributed by atoms with Crippen LogP contribution in [-0.2, 0) is 13.1 Å². The van der Waals surface area contributed by atoms with Gasteiger partial charge in [-0.05, 0) is 32.9 Å². The SMILES string of the molecule is CCn1c(CN2CCCCC2)cnc1C(=O)O. The largest absolute Gasteiger partial charge is 0.475 e. The summed E-state index contributed by atoms with van der Waals surface area (Å²) in [6.45, 7) is 5.64. The van der Waals surface area contributed by atoms with Crippen LogP contribution >= 0.6 is 0 Å². The van der Waals surface area contributed by atoms with Crippen molar-refractivity contribution in [3.8, 4) is 0 Å². The van der Waals surface area contributed by atoms with Gasteiger partial charge in [0.2, 0.25) is 5.82 Å². The zero-order valence-electron chi connectivity index (χ0n) is 10.2. The van der Waals surface area contributed by atoms with E-state index < -0.39 is 5.97 Å². The molecule has 0 amide bonds. The molecule has 0 atom stereocenters. The number of hydrogen-bond donors (Lipinski definition) is 1. The average Bonchev–Trinajstić information content (AvgIpc) is 2.73. The van der Waals surface area contributed by atoms with E-state index >= 15 is 0 Å². The highest BCUT2D eigenvalue weighted by atomic mass is 16.4. The maximum Gasteiger partial charge on any atom is 0.372 e. The molecule has 1 N–H and O–H groups in total. The minimum atomic E-state index is -0.947.